The Balaban J connectivity index is 0.912. The van der Waals surface area contributed by atoms with Crippen LogP contribution >= 0.6 is 0 Å². The minimum Gasteiger partial charge on any atom is -0.379 e. The molecule has 366 valence electrons. The molecule has 4 fully saturated rings. The van der Waals surface area contributed by atoms with Gasteiger partial charge >= 0.3 is 0 Å². The molecule has 0 aromatic heterocycles. The predicted molar refractivity (Wildman–Crippen MR) is 265 cm³/mol. The van der Waals surface area contributed by atoms with Crippen LogP contribution in [0.2, 0.25) is 0 Å². The fraction of sp³-hybridized carbons (Fsp3) is 0.930. The average Bonchev–Trinajstić information content (AvgIpc) is 3.64. The first kappa shape index (κ1) is 53.2. The van der Waals surface area contributed by atoms with Crippen molar-refractivity contribution in [3.05, 3.63) is 23.8 Å². The number of hydrogen-bond donors (Lipinski definition) is 0. The Kier molecular flexibility index (Phi) is 25.2. The molecule has 4 aliphatic carbocycles. The molecule has 1 heterocycles. The molecule has 0 spiro atoms. The van der Waals surface area contributed by atoms with Crippen molar-refractivity contribution < 1.29 is 23.7 Å². The summed E-state index contributed by atoms with van der Waals surface area (Å²) in [5.74, 6) is 5.35. The molecule has 1 saturated heterocycles. The fourth-order valence-electron chi connectivity index (χ4n) is 13.5. The van der Waals surface area contributed by atoms with Gasteiger partial charge in [0, 0.05) is 26.2 Å². The van der Waals surface area contributed by atoms with E-state index >= 15 is 0 Å². The highest BCUT2D eigenvalue weighted by Crippen LogP contribution is 2.67. The van der Waals surface area contributed by atoms with Gasteiger partial charge < -0.3 is 23.7 Å². The van der Waals surface area contributed by atoms with Crippen molar-refractivity contribution in [1.29, 1.82) is 0 Å². The number of hydrogen-bond acceptors (Lipinski definition) is 6. The maximum atomic E-state index is 6.52. The maximum Gasteiger partial charge on any atom is 0.0821 e. The number of fused-ring (bicyclic) bond motifs is 5. The van der Waals surface area contributed by atoms with E-state index in [1.165, 1.54) is 148 Å². The van der Waals surface area contributed by atoms with Crippen molar-refractivity contribution in [2.75, 3.05) is 72.5 Å². The Morgan fingerprint density at radius 3 is 2.17 bits per heavy atom. The number of nitrogens with zero attached hydrogens (tertiary/aromatic N) is 1. The molecule has 63 heavy (non-hydrogen) atoms. The minimum absolute atomic E-state index is 0.109. The van der Waals surface area contributed by atoms with Crippen LogP contribution in [0.5, 0.6) is 0 Å². The van der Waals surface area contributed by atoms with E-state index in [0.29, 0.717) is 50.0 Å². The van der Waals surface area contributed by atoms with E-state index in [1.54, 1.807) is 5.57 Å². The molecule has 0 amide bonds. The molecule has 9 atom stereocenters. The summed E-state index contributed by atoms with van der Waals surface area (Å²) in [7, 11) is 0. The van der Waals surface area contributed by atoms with E-state index in [1.807, 2.05) is 0 Å². The highest BCUT2D eigenvalue weighted by molar-refractivity contribution is 5.25. The van der Waals surface area contributed by atoms with E-state index in [0.717, 1.165) is 94.2 Å². The second kappa shape index (κ2) is 29.9. The smallest absolute Gasteiger partial charge is 0.0821 e. The predicted octanol–water partition coefficient (Wildman–Crippen LogP) is 14.6. The molecule has 0 aromatic rings. The zero-order chi connectivity index (χ0) is 44.6. The number of unbranched alkanes of at least 4 members (excludes halogenated alkanes) is 12. The van der Waals surface area contributed by atoms with Crippen LogP contribution in [0.15, 0.2) is 23.8 Å². The van der Waals surface area contributed by atoms with Crippen LogP contribution in [-0.4, -0.2) is 89.6 Å². The summed E-state index contributed by atoms with van der Waals surface area (Å²) in [6.07, 6.45) is 42.7. The van der Waals surface area contributed by atoms with Gasteiger partial charge in [-0.2, -0.15) is 0 Å². The number of allylic oxidation sites excluding steroid dienone is 3. The Hall–Kier alpha value is -0.760. The van der Waals surface area contributed by atoms with Gasteiger partial charge in [-0.25, -0.2) is 0 Å². The van der Waals surface area contributed by atoms with E-state index in [9.17, 15) is 0 Å². The van der Waals surface area contributed by atoms with Crippen molar-refractivity contribution >= 4 is 0 Å². The van der Waals surface area contributed by atoms with Gasteiger partial charge in [0.1, 0.15) is 0 Å². The van der Waals surface area contributed by atoms with Crippen molar-refractivity contribution in [2.45, 2.75) is 221 Å². The lowest BCUT2D eigenvalue weighted by Gasteiger charge is -2.58. The largest absolute Gasteiger partial charge is 0.379 e. The van der Waals surface area contributed by atoms with Gasteiger partial charge in [-0.05, 0) is 136 Å². The second-order valence-electron chi connectivity index (χ2n) is 22.4. The summed E-state index contributed by atoms with van der Waals surface area (Å²) < 4.78 is 30.8. The lowest BCUT2D eigenvalue weighted by molar-refractivity contribution is -0.0728. The summed E-state index contributed by atoms with van der Waals surface area (Å²) in [6.45, 7) is 23.9. The van der Waals surface area contributed by atoms with Gasteiger partial charge in [-0.1, -0.05) is 142 Å². The van der Waals surface area contributed by atoms with Crippen LogP contribution < -0.4 is 0 Å². The van der Waals surface area contributed by atoms with Crippen LogP contribution in [0, 0.1) is 46.3 Å². The summed E-state index contributed by atoms with van der Waals surface area (Å²) in [4.78, 5) is 2.50. The van der Waals surface area contributed by atoms with Gasteiger partial charge in [0.05, 0.1) is 58.5 Å². The molecule has 0 N–H and O–H groups in total. The van der Waals surface area contributed by atoms with Gasteiger partial charge in [0.15, 0.2) is 0 Å². The third-order valence-electron chi connectivity index (χ3n) is 17.4. The monoisotopic (exact) mass is 882 g/mol. The molecule has 5 aliphatic rings. The zero-order valence-electron chi connectivity index (χ0n) is 42.5. The second-order valence-corrected chi connectivity index (χ2v) is 22.4. The standard InChI is InChI=1S/C57H103NO5/c1-7-8-9-10-11-12-13-14-15-16-17-18-19-20-21-22-38-61-46-51(32-35-58-36-39-59-40-37-58)63-44-42-60-41-43-62-50-30-33-56(5)49(45-50)26-27-52-54-29-28-53(48(4)25-23-24-47(2)3)57(54,6)34-31-55(52)56/h14-15,26,47-48,50-55H,7-13,16-25,27-46H2,1-6H3/t48-,50+,51?,52?,53-,54?,55?,56+,57-/m1/s1. The minimum atomic E-state index is 0.109. The van der Waals surface area contributed by atoms with Crippen LogP contribution in [-0.2, 0) is 23.7 Å². The van der Waals surface area contributed by atoms with Gasteiger partial charge in [0.25, 0.3) is 0 Å². The summed E-state index contributed by atoms with van der Waals surface area (Å²) >= 11 is 0. The molecular formula is C57H103NO5. The summed E-state index contributed by atoms with van der Waals surface area (Å²) in [5.41, 5.74) is 2.67. The molecule has 6 heteroatoms. The van der Waals surface area contributed by atoms with Gasteiger partial charge in [0.2, 0.25) is 0 Å². The van der Waals surface area contributed by atoms with Crippen molar-refractivity contribution in [3.8, 4) is 0 Å². The van der Waals surface area contributed by atoms with Crippen LogP contribution in [0.1, 0.15) is 208 Å². The molecule has 4 unspecified atom stereocenters. The Bertz CT molecular complexity index is 1250. The third-order valence-corrected chi connectivity index (χ3v) is 17.4. The molecular weight excluding hydrogens is 779 g/mol. The molecule has 6 nitrogen and oxygen atoms in total. The summed E-state index contributed by atoms with van der Waals surface area (Å²) in [5, 5.41) is 0. The van der Waals surface area contributed by atoms with Crippen LogP contribution in [0.25, 0.3) is 0 Å². The fourth-order valence-corrected chi connectivity index (χ4v) is 13.5. The number of ether oxygens (including phenoxy) is 5. The van der Waals surface area contributed by atoms with E-state index in [2.05, 4.69) is 64.7 Å². The highest BCUT2D eigenvalue weighted by atomic mass is 16.6. The van der Waals surface area contributed by atoms with Crippen molar-refractivity contribution in [1.82, 2.24) is 4.90 Å². The number of morpholine rings is 1. The lowest BCUT2D eigenvalue weighted by Crippen LogP contribution is -2.51. The zero-order valence-corrected chi connectivity index (χ0v) is 42.5. The van der Waals surface area contributed by atoms with E-state index in [4.69, 9.17) is 23.7 Å². The van der Waals surface area contributed by atoms with Crippen LogP contribution in [0.4, 0.5) is 0 Å². The Morgan fingerprint density at radius 1 is 0.714 bits per heavy atom. The summed E-state index contributed by atoms with van der Waals surface area (Å²) in [6, 6.07) is 0. The molecule has 0 radical (unpaired) electrons. The van der Waals surface area contributed by atoms with Crippen molar-refractivity contribution in [3.63, 3.8) is 0 Å². The average molecular weight is 882 g/mol. The maximum absolute atomic E-state index is 6.52. The Labute approximate surface area is 390 Å². The lowest BCUT2D eigenvalue weighted by atomic mass is 9.47. The van der Waals surface area contributed by atoms with Gasteiger partial charge in [-0.15, -0.1) is 0 Å². The first-order valence-corrected chi connectivity index (χ1v) is 27.8. The quantitative estimate of drug-likeness (QED) is 0.0474. The SMILES string of the molecule is CCCCCCCCC=CCCCCCCCCOCC(CCN1CCOCC1)OCCOCCO[C@H]1CC[C@@]2(C)C(=CCC3C2CC[C@@]2(C)C3CC[C@@H]2[C@H](C)CCCC(C)C)C1. The van der Waals surface area contributed by atoms with Gasteiger partial charge in [-0.3, -0.25) is 4.90 Å². The van der Waals surface area contributed by atoms with Crippen LogP contribution in [0.3, 0.4) is 0 Å². The van der Waals surface area contributed by atoms with E-state index < -0.39 is 0 Å². The molecule has 1 aliphatic heterocycles. The topological polar surface area (TPSA) is 49.4 Å². The molecule has 0 aromatic carbocycles. The van der Waals surface area contributed by atoms with E-state index in [-0.39, 0.29) is 6.10 Å². The number of rotatable bonds is 34. The third kappa shape index (κ3) is 17.7. The molecule has 5 rings (SSSR count). The normalized spacial score (nSPS) is 29.8. The molecule has 3 saturated carbocycles. The Morgan fingerprint density at radius 2 is 1.43 bits per heavy atom. The highest BCUT2D eigenvalue weighted by Gasteiger charge is 2.59. The molecule has 0 bridgehead atoms. The first-order valence-electron chi connectivity index (χ1n) is 27.8. The first-order chi connectivity index (χ1) is 30.7. The van der Waals surface area contributed by atoms with Crippen molar-refractivity contribution in [2.24, 2.45) is 46.3 Å².